The van der Waals surface area contributed by atoms with Gasteiger partial charge in [-0.1, -0.05) is 0 Å². The highest BCUT2D eigenvalue weighted by Crippen LogP contribution is 1.97. The number of amides is 1. The van der Waals surface area contributed by atoms with E-state index in [1.807, 2.05) is 5.32 Å². The van der Waals surface area contributed by atoms with Gasteiger partial charge in [-0.2, -0.15) is 0 Å². The zero-order valence-corrected chi connectivity index (χ0v) is 7.27. The number of carboxylic acids is 2. The normalized spacial score (nSPS) is 11.8. The van der Waals surface area contributed by atoms with Crippen molar-refractivity contribution < 1.29 is 29.7 Å². The molecule has 0 aliphatic rings. The van der Waals surface area contributed by atoms with Gasteiger partial charge in [0, 0.05) is 6.42 Å². The molecule has 0 aromatic rings. The molecule has 0 aliphatic carbocycles. The number of rotatable bonds is 6. The molecule has 4 N–H and O–H groups in total. The summed E-state index contributed by atoms with van der Waals surface area (Å²) in [5.74, 6) is -3.31. The highest BCUT2D eigenvalue weighted by molar-refractivity contribution is 5.84. The van der Waals surface area contributed by atoms with Crippen LogP contribution < -0.4 is 5.32 Å². The molecule has 0 aromatic heterocycles. The first-order chi connectivity index (χ1) is 6.47. The topological polar surface area (TPSA) is 124 Å². The highest BCUT2D eigenvalue weighted by Gasteiger charge is 2.20. The van der Waals surface area contributed by atoms with Gasteiger partial charge in [0.25, 0.3) is 0 Å². The summed E-state index contributed by atoms with van der Waals surface area (Å²) in [5, 5.41) is 27.1. The number of aliphatic carboxylic acids is 2. The maximum absolute atomic E-state index is 10.6. The number of aliphatic hydroxyl groups excluding tert-OH is 1. The SMILES string of the molecule is O=C(O)CC[C@H](NC(=O)CO)C(=O)O. The van der Waals surface area contributed by atoms with E-state index in [0.717, 1.165) is 0 Å². The van der Waals surface area contributed by atoms with Crippen LogP contribution >= 0.6 is 0 Å². The molecular formula is C7H11NO6. The van der Waals surface area contributed by atoms with Crippen LogP contribution in [0.5, 0.6) is 0 Å². The van der Waals surface area contributed by atoms with E-state index in [-0.39, 0.29) is 12.8 Å². The summed E-state index contributed by atoms with van der Waals surface area (Å²) in [4.78, 5) is 31.2. The van der Waals surface area contributed by atoms with Crippen LogP contribution in [-0.2, 0) is 14.4 Å². The standard InChI is InChI=1S/C7H11NO6/c9-3-5(10)8-4(7(13)14)1-2-6(11)12/h4,9H,1-3H2,(H,8,10)(H,11,12)(H,13,14)/t4-/m0/s1. The first kappa shape index (κ1) is 12.4. The van der Waals surface area contributed by atoms with E-state index < -0.39 is 30.5 Å². The molecule has 0 radical (unpaired) electrons. The van der Waals surface area contributed by atoms with Crippen molar-refractivity contribution in [2.45, 2.75) is 18.9 Å². The van der Waals surface area contributed by atoms with E-state index in [2.05, 4.69) is 0 Å². The van der Waals surface area contributed by atoms with Gasteiger partial charge in [-0.25, -0.2) is 4.79 Å². The molecule has 0 rings (SSSR count). The molecule has 1 amide bonds. The summed E-state index contributed by atoms with van der Waals surface area (Å²) < 4.78 is 0. The van der Waals surface area contributed by atoms with Gasteiger partial charge >= 0.3 is 11.9 Å². The van der Waals surface area contributed by atoms with Gasteiger partial charge in [0.05, 0.1) is 0 Å². The Balaban J connectivity index is 4.09. The third-order valence-electron chi connectivity index (χ3n) is 1.42. The maximum Gasteiger partial charge on any atom is 0.326 e. The Hall–Kier alpha value is -1.63. The Labute approximate surface area is 79.3 Å². The fraction of sp³-hybridized carbons (Fsp3) is 0.571. The Morgan fingerprint density at radius 1 is 1.21 bits per heavy atom. The zero-order valence-electron chi connectivity index (χ0n) is 7.27. The minimum atomic E-state index is -1.33. The van der Waals surface area contributed by atoms with Crippen molar-refractivity contribution in [1.82, 2.24) is 5.32 Å². The van der Waals surface area contributed by atoms with Crippen LogP contribution in [0.25, 0.3) is 0 Å². The smallest absolute Gasteiger partial charge is 0.326 e. The molecule has 0 fully saturated rings. The van der Waals surface area contributed by atoms with E-state index in [1.165, 1.54) is 0 Å². The molecule has 7 nitrogen and oxygen atoms in total. The second-order valence-corrected chi connectivity index (χ2v) is 2.55. The van der Waals surface area contributed by atoms with E-state index >= 15 is 0 Å². The van der Waals surface area contributed by atoms with Crippen LogP contribution in [0.3, 0.4) is 0 Å². The third-order valence-corrected chi connectivity index (χ3v) is 1.42. The maximum atomic E-state index is 10.6. The molecule has 1 atom stereocenters. The lowest BCUT2D eigenvalue weighted by Gasteiger charge is -2.11. The molecule has 0 unspecified atom stereocenters. The molecule has 0 saturated heterocycles. The number of nitrogens with one attached hydrogen (secondary N) is 1. The van der Waals surface area contributed by atoms with Crippen molar-refractivity contribution in [3.8, 4) is 0 Å². The van der Waals surface area contributed by atoms with Crippen LogP contribution in [-0.4, -0.2) is 45.8 Å². The lowest BCUT2D eigenvalue weighted by molar-refractivity contribution is -0.143. The van der Waals surface area contributed by atoms with Gasteiger partial charge in [0.2, 0.25) is 5.91 Å². The molecule has 0 aliphatic heterocycles. The predicted octanol–water partition coefficient (Wildman–Crippen LogP) is -1.59. The Morgan fingerprint density at radius 3 is 2.14 bits per heavy atom. The first-order valence-corrected chi connectivity index (χ1v) is 3.82. The van der Waals surface area contributed by atoms with Gasteiger partial charge in [-0.05, 0) is 6.42 Å². The summed E-state index contributed by atoms with van der Waals surface area (Å²) in [7, 11) is 0. The molecule has 0 bridgehead atoms. The number of carbonyl (C=O) groups excluding carboxylic acids is 1. The van der Waals surface area contributed by atoms with Gasteiger partial charge in [-0.15, -0.1) is 0 Å². The van der Waals surface area contributed by atoms with E-state index in [4.69, 9.17) is 15.3 Å². The van der Waals surface area contributed by atoms with Crippen molar-refractivity contribution in [2.75, 3.05) is 6.61 Å². The van der Waals surface area contributed by atoms with E-state index in [1.54, 1.807) is 0 Å². The monoisotopic (exact) mass is 205 g/mol. The van der Waals surface area contributed by atoms with Crippen LogP contribution in [0.1, 0.15) is 12.8 Å². The van der Waals surface area contributed by atoms with Gasteiger partial charge in [0.1, 0.15) is 12.6 Å². The minimum absolute atomic E-state index is 0.212. The molecular weight excluding hydrogens is 194 g/mol. The fourth-order valence-corrected chi connectivity index (χ4v) is 0.765. The van der Waals surface area contributed by atoms with Crippen molar-refractivity contribution >= 4 is 17.8 Å². The summed E-state index contributed by atoms with van der Waals surface area (Å²) in [5.41, 5.74) is 0. The van der Waals surface area contributed by atoms with Crippen LogP contribution in [0.2, 0.25) is 0 Å². The predicted molar refractivity (Wildman–Crippen MR) is 43.5 cm³/mol. The molecule has 14 heavy (non-hydrogen) atoms. The fourth-order valence-electron chi connectivity index (χ4n) is 0.765. The van der Waals surface area contributed by atoms with Gasteiger partial charge in [-0.3, -0.25) is 9.59 Å². The summed E-state index contributed by atoms with van der Waals surface area (Å²) in [6, 6.07) is -1.27. The molecule has 0 aromatic carbocycles. The van der Waals surface area contributed by atoms with E-state index in [9.17, 15) is 14.4 Å². The molecule has 0 spiro atoms. The molecule has 7 heteroatoms. The molecule has 0 heterocycles. The van der Waals surface area contributed by atoms with E-state index in [0.29, 0.717) is 0 Å². The van der Waals surface area contributed by atoms with Crippen molar-refractivity contribution in [1.29, 1.82) is 0 Å². The lowest BCUT2D eigenvalue weighted by Crippen LogP contribution is -2.42. The number of hydrogen-bond acceptors (Lipinski definition) is 4. The van der Waals surface area contributed by atoms with Gasteiger partial charge < -0.3 is 20.6 Å². The first-order valence-electron chi connectivity index (χ1n) is 3.82. The third kappa shape index (κ3) is 5.09. The largest absolute Gasteiger partial charge is 0.481 e. The number of aliphatic hydroxyl groups is 1. The van der Waals surface area contributed by atoms with Crippen molar-refractivity contribution in [2.24, 2.45) is 0 Å². The quantitative estimate of drug-likeness (QED) is 0.414. The second-order valence-electron chi connectivity index (χ2n) is 2.55. The Bertz CT molecular complexity index is 238. The van der Waals surface area contributed by atoms with Crippen molar-refractivity contribution in [3.63, 3.8) is 0 Å². The summed E-state index contributed by atoms with van der Waals surface area (Å²) >= 11 is 0. The number of hydrogen-bond donors (Lipinski definition) is 4. The highest BCUT2D eigenvalue weighted by atomic mass is 16.4. The Morgan fingerprint density at radius 2 is 1.79 bits per heavy atom. The Kier molecular flexibility index (Phi) is 5.23. The minimum Gasteiger partial charge on any atom is -0.481 e. The summed E-state index contributed by atoms with van der Waals surface area (Å²) in [6.45, 7) is -0.823. The average Bonchev–Trinajstić information content (AvgIpc) is 2.10. The van der Waals surface area contributed by atoms with Crippen LogP contribution in [0.4, 0.5) is 0 Å². The van der Waals surface area contributed by atoms with Gasteiger partial charge in [0.15, 0.2) is 0 Å². The number of carbonyl (C=O) groups is 3. The lowest BCUT2D eigenvalue weighted by atomic mass is 10.1. The summed E-state index contributed by atoms with van der Waals surface area (Å²) in [6.07, 6.45) is -0.570. The molecule has 80 valence electrons. The van der Waals surface area contributed by atoms with Crippen molar-refractivity contribution in [3.05, 3.63) is 0 Å². The zero-order chi connectivity index (χ0) is 11.1. The van der Waals surface area contributed by atoms with Crippen LogP contribution in [0, 0.1) is 0 Å². The van der Waals surface area contributed by atoms with Crippen LogP contribution in [0.15, 0.2) is 0 Å². The second kappa shape index (κ2) is 5.92. The average molecular weight is 205 g/mol. The molecule has 0 saturated carbocycles. The number of carboxylic acid groups (broad SMARTS) is 2.